The largest absolute Gasteiger partial charge is 0.508 e. The van der Waals surface area contributed by atoms with Gasteiger partial charge >= 0.3 is 11.9 Å². The van der Waals surface area contributed by atoms with E-state index in [2.05, 4.69) is 0 Å². The van der Waals surface area contributed by atoms with E-state index in [9.17, 15) is 40.2 Å². The number of methoxy groups -OCH3 is 1. The molecule has 6 N–H and O–H groups in total. The average molecular weight is 541 g/mol. The van der Waals surface area contributed by atoms with Crippen molar-refractivity contribution in [1.29, 1.82) is 0 Å². The number of carbonyl (C=O) groups excluding carboxylic acids is 2. The van der Waals surface area contributed by atoms with Crippen LogP contribution < -0.4 is 0 Å². The fourth-order valence-electron chi connectivity index (χ4n) is 4.10. The van der Waals surface area contributed by atoms with E-state index < -0.39 is 68.1 Å². The topological polar surface area (TPSA) is 202 Å². The third kappa shape index (κ3) is 7.08. The number of aromatic hydroxyl groups is 1. The lowest BCUT2D eigenvalue weighted by Crippen LogP contribution is -2.60. The van der Waals surface area contributed by atoms with Crippen molar-refractivity contribution in [3.05, 3.63) is 53.3 Å². The van der Waals surface area contributed by atoms with Crippen LogP contribution in [0.4, 0.5) is 0 Å². The molecule has 0 aliphatic carbocycles. The fourth-order valence-corrected chi connectivity index (χ4v) is 4.10. The highest BCUT2D eigenvalue weighted by Crippen LogP contribution is 2.36. The molecule has 210 valence electrons. The molecule has 38 heavy (non-hydrogen) atoms. The Hall–Kier alpha value is -3.04. The minimum Gasteiger partial charge on any atom is -0.508 e. The van der Waals surface area contributed by atoms with Gasteiger partial charge in [-0.1, -0.05) is 18.2 Å². The van der Waals surface area contributed by atoms with Crippen LogP contribution in [0.1, 0.15) is 12.0 Å². The van der Waals surface area contributed by atoms with Gasteiger partial charge in [-0.2, -0.15) is 0 Å². The van der Waals surface area contributed by atoms with Gasteiger partial charge in [-0.3, -0.25) is 4.79 Å². The first-order valence-electron chi connectivity index (χ1n) is 11.8. The molecular weight excluding hydrogens is 508 g/mol. The maximum atomic E-state index is 12.7. The number of carbonyl (C=O) groups is 2. The van der Waals surface area contributed by atoms with Crippen molar-refractivity contribution in [1.82, 2.24) is 0 Å². The van der Waals surface area contributed by atoms with Gasteiger partial charge in [0.05, 0.1) is 45.2 Å². The van der Waals surface area contributed by atoms with Crippen LogP contribution >= 0.6 is 0 Å². The van der Waals surface area contributed by atoms with Crippen molar-refractivity contribution >= 4 is 11.9 Å². The lowest BCUT2D eigenvalue weighted by molar-refractivity contribution is -0.327. The number of ether oxygens (including phenoxy) is 5. The molecule has 0 radical (unpaired) electrons. The van der Waals surface area contributed by atoms with E-state index in [1.165, 1.54) is 18.2 Å². The third-order valence-electron chi connectivity index (χ3n) is 6.18. The number of rotatable bonds is 10. The van der Waals surface area contributed by atoms with Crippen molar-refractivity contribution in [3.8, 4) is 5.75 Å². The Labute approximate surface area is 218 Å². The fraction of sp³-hybridized carbons (Fsp3) is 0.520. The molecule has 3 rings (SSSR count). The number of phenols is 1. The summed E-state index contributed by atoms with van der Waals surface area (Å²) in [6.45, 7) is -1.19. The van der Waals surface area contributed by atoms with Crippen LogP contribution in [0.25, 0.3) is 0 Å². The van der Waals surface area contributed by atoms with E-state index in [1.807, 2.05) is 0 Å². The second kappa shape index (κ2) is 13.7. The van der Waals surface area contributed by atoms with Crippen LogP contribution in [0, 0.1) is 5.92 Å². The van der Waals surface area contributed by atoms with Gasteiger partial charge in [0.1, 0.15) is 30.2 Å². The molecule has 13 heteroatoms. The quantitative estimate of drug-likeness (QED) is 0.150. The maximum absolute atomic E-state index is 12.7. The molecular formula is C25H32O13. The first kappa shape index (κ1) is 29.5. The number of aliphatic hydroxyl groups is 5. The summed E-state index contributed by atoms with van der Waals surface area (Å²) < 4.78 is 26.6. The molecule has 0 spiro atoms. The zero-order chi connectivity index (χ0) is 27.8. The highest BCUT2D eigenvalue weighted by Gasteiger charge is 2.47. The zero-order valence-electron chi connectivity index (χ0n) is 20.6. The van der Waals surface area contributed by atoms with E-state index in [4.69, 9.17) is 23.7 Å². The monoisotopic (exact) mass is 540 g/mol. The van der Waals surface area contributed by atoms with Crippen molar-refractivity contribution in [3.63, 3.8) is 0 Å². The average Bonchev–Trinajstić information content (AvgIpc) is 2.91. The van der Waals surface area contributed by atoms with Crippen LogP contribution in [0.5, 0.6) is 5.75 Å². The van der Waals surface area contributed by atoms with Crippen molar-refractivity contribution in [2.24, 2.45) is 5.92 Å². The minimum atomic E-state index is -1.74. The van der Waals surface area contributed by atoms with E-state index in [-0.39, 0.29) is 29.9 Å². The van der Waals surface area contributed by atoms with Gasteiger partial charge in [0.15, 0.2) is 6.29 Å². The van der Waals surface area contributed by atoms with E-state index in [0.29, 0.717) is 6.42 Å². The molecule has 13 nitrogen and oxygen atoms in total. The highest BCUT2D eigenvalue weighted by molar-refractivity contribution is 5.90. The van der Waals surface area contributed by atoms with Gasteiger partial charge in [-0.05, 0) is 17.7 Å². The second-order valence-electron chi connectivity index (χ2n) is 8.65. The van der Waals surface area contributed by atoms with E-state index in [1.54, 1.807) is 12.1 Å². The molecule has 1 fully saturated rings. The van der Waals surface area contributed by atoms with Gasteiger partial charge in [0, 0.05) is 17.9 Å². The molecule has 2 heterocycles. The lowest BCUT2D eigenvalue weighted by atomic mass is 9.86. The van der Waals surface area contributed by atoms with Crippen LogP contribution in [0.2, 0.25) is 0 Å². The van der Waals surface area contributed by atoms with Crippen LogP contribution in [0.15, 0.2) is 47.7 Å². The number of hydrogen-bond acceptors (Lipinski definition) is 13. The standard InChI is InChI=1S/C25H32O13/c1-34-23(33)17-12-36-24(38-25-22(32)21(31)20(30)18(11-27)37-25)15(6-8-26)16(17)10-19(29)35-9-7-13-2-4-14(28)5-3-13/h2-6,12,16,18,20-22,24-28,30-32H,7-11H2,1H3/b15-6+/t16-,18+,20+,21-,22+,24-,25-/m0/s1. The summed E-state index contributed by atoms with van der Waals surface area (Å²) >= 11 is 0. The van der Waals surface area contributed by atoms with Gasteiger partial charge in [-0.25, -0.2) is 4.79 Å². The number of hydrogen-bond donors (Lipinski definition) is 6. The van der Waals surface area contributed by atoms with Gasteiger partial charge in [0.2, 0.25) is 6.29 Å². The Bertz CT molecular complexity index is 1000. The Kier molecular flexibility index (Phi) is 10.6. The molecule has 1 aromatic rings. The first-order chi connectivity index (χ1) is 18.2. The van der Waals surface area contributed by atoms with Gasteiger partial charge in [0.25, 0.3) is 0 Å². The summed E-state index contributed by atoms with van der Waals surface area (Å²) in [6, 6.07) is 6.38. The Morgan fingerprint density at radius 1 is 1.05 bits per heavy atom. The summed E-state index contributed by atoms with van der Waals surface area (Å²) in [6.07, 6.45) is -6.99. The molecule has 7 atom stereocenters. The molecule has 1 saturated heterocycles. The third-order valence-corrected chi connectivity index (χ3v) is 6.18. The molecule has 0 unspecified atom stereocenters. The van der Waals surface area contributed by atoms with Crippen molar-refractivity contribution in [2.75, 3.05) is 26.9 Å². The predicted molar refractivity (Wildman–Crippen MR) is 126 cm³/mol. The first-order valence-corrected chi connectivity index (χ1v) is 11.8. The smallest absolute Gasteiger partial charge is 0.337 e. The summed E-state index contributed by atoms with van der Waals surface area (Å²) in [5.74, 6) is -2.39. The molecule has 0 aromatic heterocycles. The lowest BCUT2D eigenvalue weighted by Gasteiger charge is -2.41. The zero-order valence-corrected chi connectivity index (χ0v) is 20.6. The highest BCUT2D eigenvalue weighted by atomic mass is 16.8. The molecule has 2 aliphatic rings. The molecule has 0 bridgehead atoms. The van der Waals surface area contributed by atoms with Gasteiger partial charge in [-0.15, -0.1) is 0 Å². The summed E-state index contributed by atoms with van der Waals surface area (Å²) in [5, 5.41) is 58.8. The molecule has 0 amide bonds. The second-order valence-corrected chi connectivity index (χ2v) is 8.65. The number of aliphatic hydroxyl groups excluding tert-OH is 5. The summed E-state index contributed by atoms with van der Waals surface area (Å²) in [4.78, 5) is 25.1. The van der Waals surface area contributed by atoms with E-state index >= 15 is 0 Å². The SMILES string of the molecule is COC(=O)C1=CO[C@@H](O[C@@H]2O[C@H](CO)[C@@H](O)[C@H](O)[C@H]2O)/C(=C/CO)[C@@H]1CC(=O)OCCc1ccc(O)cc1. The number of phenolic OH excluding ortho intramolecular Hbond substituents is 1. The predicted octanol–water partition coefficient (Wildman–Crippen LogP) is -1.37. The molecule has 2 aliphatic heterocycles. The minimum absolute atomic E-state index is 0.0218. The molecule has 0 saturated carbocycles. The molecule has 1 aromatic carbocycles. The van der Waals surface area contributed by atoms with Crippen LogP contribution in [-0.2, 0) is 39.7 Å². The Morgan fingerprint density at radius 3 is 2.39 bits per heavy atom. The summed E-state index contributed by atoms with van der Waals surface area (Å²) in [5.41, 5.74) is 0.879. The normalized spacial score (nSPS) is 30.3. The van der Waals surface area contributed by atoms with Gasteiger partial charge < -0.3 is 54.3 Å². The Morgan fingerprint density at radius 2 is 1.76 bits per heavy atom. The van der Waals surface area contributed by atoms with Crippen LogP contribution in [-0.4, -0.2) is 107 Å². The van der Waals surface area contributed by atoms with E-state index in [0.717, 1.165) is 18.9 Å². The maximum Gasteiger partial charge on any atom is 0.337 e. The Balaban J connectivity index is 1.75. The van der Waals surface area contributed by atoms with Crippen molar-refractivity contribution < 1.29 is 63.9 Å². The van der Waals surface area contributed by atoms with Crippen LogP contribution in [0.3, 0.4) is 0 Å². The number of benzene rings is 1. The number of esters is 2. The summed E-state index contributed by atoms with van der Waals surface area (Å²) in [7, 11) is 1.14. The van der Waals surface area contributed by atoms with Crippen molar-refractivity contribution in [2.45, 2.75) is 49.8 Å².